The third-order valence-electron chi connectivity index (χ3n) is 3.31. The zero-order valence-corrected chi connectivity index (χ0v) is 11.8. The maximum absolute atomic E-state index is 12.1. The van der Waals surface area contributed by atoms with Crippen molar-refractivity contribution in [3.8, 4) is 5.75 Å². The van der Waals surface area contributed by atoms with Crippen LogP contribution in [0.2, 0.25) is 0 Å². The van der Waals surface area contributed by atoms with E-state index < -0.39 is 0 Å². The Morgan fingerprint density at radius 3 is 2.76 bits per heavy atom. The first-order valence-electron chi connectivity index (χ1n) is 6.94. The molecule has 1 aliphatic rings. The van der Waals surface area contributed by atoms with Gasteiger partial charge in [0.05, 0.1) is 6.61 Å². The summed E-state index contributed by atoms with van der Waals surface area (Å²) < 4.78 is 10.8. The molecule has 1 aliphatic heterocycles. The summed E-state index contributed by atoms with van der Waals surface area (Å²) in [6, 6.07) is 14.8. The van der Waals surface area contributed by atoms with Crippen LogP contribution in [0.5, 0.6) is 5.75 Å². The first-order valence-corrected chi connectivity index (χ1v) is 6.94. The summed E-state index contributed by atoms with van der Waals surface area (Å²) in [4.78, 5) is 12.1. The highest BCUT2D eigenvalue weighted by molar-refractivity contribution is 6.04. The van der Waals surface area contributed by atoms with Gasteiger partial charge in [-0.3, -0.25) is 4.79 Å². The number of ether oxygens (including phenoxy) is 2. The van der Waals surface area contributed by atoms with Crippen molar-refractivity contribution >= 4 is 11.6 Å². The summed E-state index contributed by atoms with van der Waals surface area (Å²) in [6.07, 6.45) is 0.215. The Labute approximate surface area is 123 Å². The maximum atomic E-state index is 12.1. The topological polar surface area (TPSA) is 50.9 Å². The molecule has 1 unspecified atom stereocenters. The van der Waals surface area contributed by atoms with Gasteiger partial charge in [-0.1, -0.05) is 24.3 Å². The highest BCUT2D eigenvalue weighted by atomic mass is 16.6. The summed E-state index contributed by atoms with van der Waals surface area (Å²) in [5, 5.41) is 2.88. The molecule has 1 heterocycles. The molecule has 1 amide bonds. The Morgan fingerprint density at radius 1 is 1.29 bits per heavy atom. The molecule has 2 aromatic carbocycles. The van der Waals surface area contributed by atoms with Gasteiger partial charge in [-0.15, -0.1) is 0 Å². The van der Waals surface area contributed by atoms with Crippen molar-refractivity contribution in [1.29, 1.82) is 0 Å². The molecular weight excluding hydrogens is 266 g/mol. The first kappa shape index (κ1) is 13.6. The van der Waals surface area contributed by atoms with Gasteiger partial charge < -0.3 is 14.8 Å². The van der Waals surface area contributed by atoms with E-state index in [1.54, 1.807) is 12.1 Å². The molecule has 108 valence electrons. The van der Waals surface area contributed by atoms with E-state index in [0.29, 0.717) is 12.2 Å². The van der Waals surface area contributed by atoms with Crippen molar-refractivity contribution in [2.75, 3.05) is 18.5 Å². The lowest BCUT2D eigenvalue weighted by atomic mass is 10.2. The van der Waals surface area contributed by atoms with E-state index in [0.717, 1.165) is 23.6 Å². The van der Waals surface area contributed by atoms with Crippen LogP contribution >= 0.6 is 0 Å². The van der Waals surface area contributed by atoms with Gasteiger partial charge in [0.1, 0.15) is 18.5 Å². The van der Waals surface area contributed by atoms with Crippen LogP contribution in [0.15, 0.2) is 48.5 Å². The number of carbonyl (C=O) groups is 1. The largest absolute Gasteiger partial charge is 0.490 e. The van der Waals surface area contributed by atoms with Crippen molar-refractivity contribution in [3.63, 3.8) is 0 Å². The molecule has 1 atom stereocenters. The Morgan fingerprint density at radius 2 is 2.05 bits per heavy atom. The predicted molar refractivity (Wildman–Crippen MR) is 80.8 cm³/mol. The van der Waals surface area contributed by atoms with Crippen LogP contribution < -0.4 is 10.1 Å². The van der Waals surface area contributed by atoms with Crippen LogP contribution in [-0.2, 0) is 4.74 Å². The molecule has 1 fully saturated rings. The number of nitrogens with one attached hydrogen (secondary N) is 1. The molecule has 1 saturated heterocycles. The van der Waals surface area contributed by atoms with Crippen LogP contribution in [0.1, 0.15) is 15.9 Å². The summed E-state index contributed by atoms with van der Waals surface area (Å²) in [5.74, 6) is 0.646. The van der Waals surface area contributed by atoms with Crippen LogP contribution in [0, 0.1) is 6.92 Å². The quantitative estimate of drug-likeness (QED) is 0.858. The second-order valence-corrected chi connectivity index (χ2v) is 5.07. The first-order chi connectivity index (χ1) is 10.2. The number of hydrogen-bond acceptors (Lipinski definition) is 3. The monoisotopic (exact) mass is 283 g/mol. The normalized spacial score (nSPS) is 16.3. The van der Waals surface area contributed by atoms with Gasteiger partial charge in [0.2, 0.25) is 0 Å². The minimum atomic E-state index is -0.129. The molecule has 3 rings (SSSR count). The van der Waals surface area contributed by atoms with Gasteiger partial charge in [-0.05, 0) is 30.7 Å². The van der Waals surface area contributed by atoms with E-state index in [4.69, 9.17) is 9.47 Å². The third kappa shape index (κ3) is 3.61. The summed E-state index contributed by atoms with van der Waals surface area (Å²) in [6.45, 7) is 3.30. The molecule has 0 bridgehead atoms. The minimum Gasteiger partial charge on any atom is -0.490 e. The van der Waals surface area contributed by atoms with Gasteiger partial charge in [-0.25, -0.2) is 0 Å². The zero-order valence-electron chi connectivity index (χ0n) is 11.8. The van der Waals surface area contributed by atoms with Gasteiger partial charge in [-0.2, -0.15) is 0 Å². The van der Waals surface area contributed by atoms with Crippen molar-refractivity contribution < 1.29 is 14.3 Å². The van der Waals surface area contributed by atoms with Gasteiger partial charge in [0.15, 0.2) is 0 Å². The molecule has 0 aliphatic carbocycles. The average Bonchev–Trinajstić information content (AvgIpc) is 3.33. The Bertz CT molecular complexity index is 636. The van der Waals surface area contributed by atoms with Gasteiger partial charge >= 0.3 is 0 Å². The second kappa shape index (κ2) is 5.97. The van der Waals surface area contributed by atoms with Crippen LogP contribution in [0.4, 0.5) is 5.69 Å². The molecular formula is C17H17NO3. The fraction of sp³-hybridized carbons (Fsp3) is 0.235. The molecule has 0 saturated carbocycles. The lowest BCUT2D eigenvalue weighted by Crippen LogP contribution is -2.12. The highest BCUT2D eigenvalue weighted by Gasteiger charge is 2.23. The number of aryl methyl sites for hydroxylation is 1. The van der Waals surface area contributed by atoms with Gasteiger partial charge in [0.25, 0.3) is 5.91 Å². The molecule has 0 spiro atoms. The number of hydrogen-bond donors (Lipinski definition) is 1. The molecule has 1 N–H and O–H groups in total. The Balaban J connectivity index is 1.69. The van der Waals surface area contributed by atoms with Crippen LogP contribution in [-0.4, -0.2) is 25.2 Å². The number of rotatable bonds is 5. The minimum absolute atomic E-state index is 0.129. The lowest BCUT2D eigenvalue weighted by Gasteiger charge is -2.11. The summed E-state index contributed by atoms with van der Waals surface area (Å²) in [7, 11) is 0. The fourth-order valence-corrected chi connectivity index (χ4v) is 1.97. The van der Waals surface area contributed by atoms with Crippen molar-refractivity contribution in [3.05, 3.63) is 59.7 Å². The highest BCUT2D eigenvalue weighted by Crippen LogP contribution is 2.24. The molecule has 0 radical (unpaired) electrons. The lowest BCUT2D eigenvalue weighted by molar-refractivity contribution is 0.102. The molecule has 0 aromatic heterocycles. The zero-order chi connectivity index (χ0) is 14.7. The average molecular weight is 283 g/mol. The van der Waals surface area contributed by atoms with Crippen molar-refractivity contribution in [2.45, 2.75) is 13.0 Å². The molecule has 2 aromatic rings. The SMILES string of the molecule is Cc1ccc(NC(=O)c2ccccc2)cc1OCC1CO1. The third-order valence-corrected chi connectivity index (χ3v) is 3.31. The van der Waals surface area contributed by atoms with Crippen molar-refractivity contribution in [1.82, 2.24) is 0 Å². The van der Waals surface area contributed by atoms with Crippen LogP contribution in [0.3, 0.4) is 0 Å². The fourth-order valence-electron chi connectivity index (χ4n) is 1.97. The van der Waals surface area contributed by atoms with E-state index >= 15 is 0 Å². The molecule has 21 heavy (non-hydrogen) atoms. The summed E-state index contributed by atoms with van der Waals surface area (Å²) in [5.41, 5.74) is 2.39. The standard InChI is InChI=1S/C17H17NO3/c1-12-7-8-14(9-16(12)21-11-15-10-20-15)18-17(19)13-5-3-2-4-6-13/h2-9,15H,10-11H2,1H3,(H,18,19). The predicted octanol–water partition coefficient (Wildman–Crippen LogP) is 3.02. The molecule has 4 nitrogen and oxygen atoms in total. The van der Waals surface area contributed by atoms with Gasteiger partial charge in [0, 0.05) is 17.3 Å². The number of amides is 1. The molecule has 4 heteroatoms. The van der Waals surface area contributed by atoms with E-state index in [2.05, 4.69) is 5.32 Å². The summed E-state index contributed by atoms with van der Waals surface area (Å²) >= 11 is 0. The maximum Gasteiger partial charge on any atom is 0.255 e. The van der Waals surface area contributed by atoms with E-state index in [1.807, 2.05) is 43.3 Å². The Hall–Kier alpha value is -2.33. The second-order valence-electron chi connectivity index (χ2n) is 5.07. The van der Waals surface area contributed by atoms with Crippen molar-refractivity contribution in [2.24, 2.45) is 0 Å². The number of epoxide rings is 1. The number of anilines is 1. The van der Waals surface area contributed by atoms with Crippen LogP contribution in [0.25, 0.3) is 0 Å². The van der Waals surface area contributed by atoms with E-state index in [-0.39, 0.29) is 12.0 Å². The van der Waals surface area contributed by atoms with E-state index in [1.165, 1.54) is 0 Å². The number of carbonyl (C=O) groups excluding carboxylic acids is 1. The Kier molecular flexibility index (Phi) is 3.88. The van der Waals surface area contributed by atoms with E-state index in [9.17, 15) is 4.79 Å². The smallest absolute Gasteiger partial charge is 0.255 e. The number of benzene rings is 2.